The van der Waals surface area contributed by atoms with Crippen molar-refractivity contribution in [2.75, 3.05) is 19.7 Å². The highest BCUT2D eigenvalue weighted by atomic mass is 16.3. The predicted octanol–water partition coefficient (Wildman–Crippen LogP) is 2.17. The normalized spacial score (nSPS) is 18.7. The summed E-state index contributed by atoms with van der Waals surface area (Å²) in [4.78, 5) is 6.66. The summed E-state index contributed by atoms with van der Waals surface area (Å²) in [6.45, 7) is 5.26. The highest BCUT2D eigenvalue weighted by Gasteiger charge is 2.25. The van der Waals surface area contributed by atoms with E-state index in [9.17, 15) is 5.11 Å². The SMILES string of the molecule is Cc1nccn1CCCN1CCc2ccccc2C1CO. The van der Waals surface area contributed by atoms with Crippen molar-refractivity contribution < 1.29 is 5.11 Å². The minimum atomic E-state index is 0.152. The maximum absolute atomic E-state index is 9.78. The molecule has 2 heterocycles. The Hall–Kier alpha value is -1.65. The standard InChI is InChI=1S/C17H23N3O/c1-14-18-8-12-19(14)9-4-10-20-11-7-15-5-2-3-6-16(15)17(20)13-21/h2-3,5-6,8,12,17,21H,4,7,9-11,13H2,1H3. The fraction of sp³-hybridized carbons (Fsp3) is 0.471. The van der Waals surface area contributed by atoms with E-state index in [1.54, 1.807) is 0 Å². The van der Waals surface area contributed by atoms with E-state index < -0.39 is 0 Å². The van der Waals surface area contributed by atoms with Crippen molar-refractivity contribution in [1.82, 2.24) is 14.5 Å². The molecule has 1 unspecified atom stereocenters. The van der Waals surface area contributed by atoms with Gasteiger partial charge in [-0.2, -0.15) is 0 Å². The number of imidazole rings is 1. The van der Waals surface area contributed by atoms with Crippen LogP contribution in [0.5, 0.6) is 0 Å². The molecule has 0 bridgehead atoms. The smallest absolute Gasteiger partial charge is 0.105 e. The van der Waals surface area contributed by atoms with Gasteiger partial charge in [0.05, 0.1) is 12.6 Å². The Balaban J connectivity index is 1.62. The van der Waals surface area contributed by atoms with Crippen LogP contribution in [-0.2, 0) is 13.0 Å². The second-order valence-electron chi connectivity index (χ2n) is 5.70. The van der Waals surface area contributed by atoms with Crippen molar-refractivity contribution in [2.45, 2.75) is 32.4 Å². The first-order valence-corrected chi connectivity index (χ1v) is 7.70. The highest BCUT2D eigenvalue weighted by molar-refractivity contribution is 5.32. The minimum Gasteiger partial charge on any atom is -0.394 e. The molecule has 1 atom stereocenters. The zero-order chi connectivity index (χ0) is 14.7. The molecule has 4 heteroatoms. The van der Waals surface area contributed by atoms with E-state index in [4.69, 9.17) is 0 Å². The molecule has 1 aromatic carbocycles. The van der Waals surface area contributed by atoms with Gasteiger partial charge in [-0.3, -0.25) is 4.90 Å². The maximum atomic E-state index is 9.78. The molecule has 1 aliphatic heterocycles. The number of fused-ring (bicyclic) bond motifs is 1. The Labute approximate surface area is 126 Å². The molecule has 4 nitrogen and oxygen atoms in total. The van der Waals surface area contributed by atoms with E-state index in [-0.39, 0.29) is 12.6 Å². The number of rotatable bonds is 5. The third-order valence-corrected chi connectivity index (χ3v) is 4.46. The molecule has 21 heavy (non-hydrogen) atoms. The average molecular weight is 285 g/mol. The fourth-order valence-corrected chi connectivity index (χ4v) is 3.27. The lowest BCUT2D eigenvalue weighted by Crippen LogP contribution is -2.38. The summed E-state index contributed by atoms with van der Waals surface area (Å²) in [5.74, 6) is 1.07. The van der Waals surface area contributed by atoms with E-state index >= 15 is 0 Å². The summed E-state index contributed by atoms with van der Waals surface area (Å²) >= 11 is 0. The zero-order valence-electron chi connectivity index (χ0n) is 12.6. The summed E-state index contributed by atoms with van der Waals surface area (Å²) in [5.41, 5.74) is 2.68. The van der Waals surface area contributed by atoms with E-state index in [1.165, 1.54) is 11.1 Å². The van der Waals surface area contributed by atoms with Crippen LogP contribution in [0.4, 0.5) is 0 Å². The van der Waals surface area contributed by atoms with Gasteiger partial charge in [0, 0.05) is 32.0 Å². The second kappa shape index (κ2) is 6.41. The number of benzene rings is 1. The first kappa shape index (κ1) is 14.3. The van der Waals surface area contributed by atoms with Gasteiger partial charge in [-0.1, -0.05) is 24.3 Å². The third-order valence-electron chi connectivity index (χ3n) is 4.46. The van der Waals surface area contributed by atoms with E-state index in [0.29, 0.717) is 0 Å². The number of aliphatic hydroxyl groups excluding tert-OH is 1. The lowest BCUT2D eigenvalue weighted by Gasteiger charge is -2.36. The Morgan fingerprint density at radius 3 is 2.90 bits per heavy atom. The van der Waals surface area contributed by atoms with Crippen LogP contribution in [0.25, 0.3) is 0 Å². The maximum Gasteiger partial charge on any atom is 0.105 e. The highest BCUT2D eigenvalue weighted by Crippen LogP contribution is 2.29. The number of nitrogens with zero attached hydrogens (tertiary/aromatic N) is 3. The molecule has 0 fully saturated rings. The van der Waals surface area contributed by atoms with E-state index in [2.05, 4.69) is 38.7 Å². The van der Waals surface area contributed by atoms with Crippen LogP contribution in [0.3, 0.4) is 0 Å². The Kier molecular flexibility index (Phi) is 4.36. The number of hydrogen-bond acceptors (Lipinski definition) is 3. The van der Waals surface area contributed by atoms with Gasteiger partial charge in [0.2, 0.25) is 0 Å². The average Bonchev–Trinajstić information content (AvgIpc) is 2.92. The predicted molar refractivity (Wildman–Crippen MR) is 83.1 cm³/mol. The lowest BCUT2D eigenvalue weighted by molar-refractivity contribution is 0.112. The molecule has 1 aromatic heterocycles. The van der Waals surface area contributed by atoms with E-state index in [0.717, 1.165) is 38.3 Å². The van der Waals surface area contributed by atoms with Crippen LogP contribution in [0, 0.1) is 6.92 Å². The van der Waals surface area contributed by atoms with Gasteiger partial charge in [-0.15, -0.1) is 0 Å². The van der Waals surface area contributed by atoms with Crippen molar-refractivity contribution in [3.05, 3.63) is 53.6 Å². The molecule has 0 saturated carbocycles. The number of aryl methyl sites for hydroxylation is 2. The molecule has 0 saturated heterocycles. The lowest BCUT2D eigenvalue weighted by atomic mass is 9.93. The van der Waals surface area contributed by atoms with E-state index in [1.807, 2.05) is 19.3 Å². The quantitative estimate of drug-likeness (QED) is 0.915. The molecule has 0 radical (unpaired) electrons. The molecule has 112 valence electrons. The third kappa shape index (κ3) is 3.01. The topological polar surface area (TPSA) is 41.3 Å². The number of aliphatic hydroxyl groups is 1. The Morgan fingerprint density at radius 1 is 1.29 bits per heavy atom. The first-order valence-electron chi connectivity index (χ1n) is 7.70. The Bertz CT molecular complexity index is 593. The monoisotopic (exact) mass is 285 g/mol. The molecule has 2 aromatic rings. The van der Waals surface area contributed by atoms with Crippen LogP contribution >= 0.6 is 0 Å². The molecule has 1 N–H and O–H groups in total. The van der Waals surface area contributed by atoms with Gasteiger partial charge < -0.3 is 9.67 Å². The van der Waals surface area contributed by atoms with Gasteiger partial charge in [0.25, 0.3) is 0 Å². The van der Waals surface area contributed by atoms with Crippen LogP contribution in [-0.4, -0.2) is 39.3 Å². The van der Waals surface area contributed by atoms with Crippen LogP contribution in [0.15, 0.2) is 36.7 Å². The van der Waals surface area contributed by atoms with Gasteiger partial charge in [0.1, 0.15) is 5.82 Å². The summed E-state index contributed by atoms with van der Waals surface area (Å²) in [6, 6.07) is 8.65. The molecule has 0 spiro atoms. The van der Waals surface area contributed by atoms with Gasteiger partial charge >= 0.3 is 0 Å². The van der Waals surface area contributed by atoms with Crippen molar-refractivity contribution in [3.63, 3.8) is 0 Å². The Morgan fingerprint density at radius 2 is 2.14 bits per heavy atom. The largest absolute Gasteiger partial charge is 0.394 e. The summed E-state index contributed by atoms with van der Waals surface area (Å²) in [6.07, 6.45) is 6.04. The van der Waals surface area contributed by atoms with Crippen LogP contribution in [0.1, 0.15) is 29.4 Å². The molecular weight excluding hydrogens is 262 g/mol. The molecular formula is C17H23N3O. The van der Waals surface area contributed by atoms with Crippen molar-refractivity contribution in [3.8, 4) is 0 Å². The van der Waals surface area contributed by atoms with Gasteiger partial charge in [0.15, 0.2) is 0 Å². The van der Waals surface area contributed by atoms with Gasteiger partial charge in [-0.05, 0) is 30.9 Å². The number of aromatic nitrogens is 2. The second-order valence-corrected chi connectivity index (χ2v) is 5.70. The molecule has 0 aliphatic carbocycles. The van der Waals surface area contributed by atoms with Crippen LogP contribution in [0.2, 0.25) is 0 Å². The van der Waals surface area contributed by atoms with Crippen molar-refractivity contribution in [2.24, 2.45) is 0 Å². The molecule has 3 rings (SSSR count). The van der Waals surface area contributed by atoms with Crippen molar-refractivity contribution >= 4 is 0 Å². The summed E-state index contributed by atoms with van der Waals surface area (Å²) in [5, 5.41) is 9.78. The molecule has 1 aliphatic rings. The zero-order valence-corrected chi connectivity index (χ0v) is 12.6. The summed E-state index contributed by atoms with van der Waals surface area (Å²) < 4.78 is 2.19. The summed E-state index contributed by atoms with van der Waals surface area (Å²) in [7, 11) is 0. The van der Waals surface area contributed by atoms with Gasteiger partial charge in [-0.25, -0.2) is 4.98 Å². The van der Waals surface area contributed by atoms with Crippen LogP contribution < -0.4 is 0 Å². The molecule has 0 amide bonds. The first-order chi connectivity index (χ1) is 10.3. The van der Waals surface area contributed by atoms with Crippen molar-refractivity contribution in [1.29, 1.82) is 0 Å². The number of hydrogen-bond donors (Lipinski definition) is 1. The fourth-order valence-electron chi connectivity index (χ4n) is 3.27. The minimum absolute atomic E-state index is 0.152.